The highest BCUT2D eigenvalue weighted by molar-refractivity contribution is 5.86. The molecule has 6 nitrogen and oxygen atoms in total. The average molecular weight is 392 g/mol. The Morgan fingerprint density at radius 1 is 0.800 bits per heavy atom. The van der Waals surface area contributed by atoms with Gasteiger partial charge in [0.25, 0.3) is 0 Å². The van der Waals surface area contributed by atoms with Crippen molar-refractivity contribution in [3.63, 3.8) is 0 Å². The van der Waals surface area contributed by atoms with Crippen LogP contribution < -0.4 is 5.32 Å². The number of rotatable bonds is 4. The Kier molecular flexibility index (Phi) is 4.44. The van der Waals surface area contributed by atoms with E-state index in [1.807, 2.05) is 61.0 Å². The van der Waals surface area contributed by atoms with E-state index in [0.29, 0.717) is 5.95 Å². The highest BCUT2D eigenvalue weighted by Crippen LogP contribution is 2.24. The fourth-order valence-corrected chi connectivity index (χ4v) is 3.51. The standard InChI is InChI=1S/C24H20N6/c1-16-26-17(2)30(29-16)22-11-9-21(10-12-22)27-24-25-14-13-23(28-24)20-8-7-18-5-3-4-6-19(18)15-20/h3-15H,1-2H3,(H,25,27,28). The first-order chi connectivity index (χ1) is 14.7. The number of nitrogens with zero attached hydrogens (tertiary/aromatic N) is 5. The van der Waals surface area contributed by atoms with Crippen LogP contribution >= 0.6 is 0 Å². The third kappa shape index (κ3) is 3.51. The number of aromatic nitrogens is 5. The van der Waals surface area contributed by atoms with Gasteiger partial charge in [0, 0.05) is 17.4 Å². The number of hydrogen-bond donors (Lipinski definition) is 1. The van der Waals surface area contributed by atoms with Crippen molar-refractivity contribution in [3.05, 3.63) is 90.6 Å². The van der Waals surface area contributed by atoms with Crippen LogP contribution in [-0.4, -0.2) is 24.7 Å². The zero-order valence-corrected chi connectivity index (χ0v) is 16.7. The maximum Gasteiger partial charge on any atom is 0.227 e. The Balaban J connectivity index is 1.39. The minimum Gasteiger partial charge on any atom is -0.324 e. The van der Waals surface area contributed by atoms with Crippen LogP contribution in [0.4, 0.5) is 11.6 Å². The summed E-state index contributed by atoms with van der Waals surface area (Å²) in [7, 11) is 0. The summed E-state index contributed by atoms with van der Waals surface area (Å²) in [6, 6.07) is 24.6. The SMILES string of the molecule is Cc1nc(C)n(-c2ccc(Nc3nccc(-c4ccc5ccccc5c4)n3)cc2)n1. The number of anilines is 2. The second kappa shape index (κ2) is 7.40. The largest absolute Gasteiger partial charge is 0.324 e. The van der Waals surface area contributed by atoms with E-state index in [-0.39, 0.29) is 0 Å². The van der Waals surface area contributed by atoms with Crippen LogP contribution in [0.5, 0.6) is 0 Å². The minimum absolute atomic E-state index is 0.557. The lowest BCUT2D eigenvalue weighted by atomic mass is 10.1. The fourth-order valence-electron chi connectivity index (χ4n) is 3.51. The van der Waals surface area contributed by atoms with Gasteiger partial charge in [-0.2, -0.15) is 5.10 Å². The third-order valence-electron chi connectivity index (χ3n) is 4.94. The van der Waals surface area contributed by atoms with Gasteiger partial charge in [0.15, 0.2) is 0 Å². The topological polar surface area (TPSA) is 68.5 Å². The second-order valence-corrected chi connectivity index (χ2v) is 7.12. The summed E-state index contributed by atoms with van der Waals surface area (Å²) in [6.07, 6.45) is 1.77. The molecule has 30 heavy (non-hydrogen) atoms. The molecule has 3 aromatic carbocycles. The monoisotopic (exact) mass is 392 g/mol. The van der Waals surface area contributed by atoms with Crippen LogP contribution in [-0.2, 0) is 0 Å². The van der Waals surface area contributed by atoms with Crippen LogP contribution in [0.3, 0.4) is 0 Å². The van der Waals surface area contributed by atoms with Gasteiger partial charge in [0.05, 0.1) is 11.4 Å². The Labute approximate surface area is 174 Å². The molecule has 0 bridgehead atoms. The Morgan fingerprint density at radius 3 is 2.37 bits per heavy atom. The number of hydrogen-bond acceptors (Lipinski definition) is 5. The molecule has 2 aromatic heterocycles. The van der Waals surface area contributed by atoms with Crippen molar-refractivity contribution in [2.45, 2.75) is 13.8 Å². The molecule has 0 aliphatic rings. The third-order valence-corrected chi connectivity index (χ3v) is 4.94. The van der Waals surface area contributed by atoms with Crippen LogP contribution in [0, 0.1) is 13.8 Å². The lowest BCUT2D eigenvalue weighted by molar-refractivity contribution is 0.831. The molecule has 0 unspecified atom stereocenters. The van der Waals surface area contributed by atoms with E-state index < -0.39 is 0 Å². The lowest BCUT2D eigenvalue weighted by Crippen LogP contribution is -2.01. The van der Waals surface area contributed by atoms with Gasteiger partial charge >= 0.3 is 0 Å². The molecule has 0 atom stereocenters. The zero-order chi connectivity index (χ0) is 20.5. The van der Waals surface area contributed by atoms with E-state index in [0.717, 1.165) is 34.3 Å². The van der Waals surface area contributed by atoms with Gasteiger partial charge in [-0.15, -0.1) is 0 Å². The lowest BCUT2D eigenvalue weighted by Gasteiger charge is -2.09. The smallest absolute Gasteiger partial charge is 0.227 e. The van der Waals surface area contributed by atoms with E-state index in [1.54, 1.807) is 6.20 Å². The molecule has 1 N–H and O–H groups in total. The normalized spacial score (nSPS) is 11.0. The maximum atomic E-state index is 4.69. The van der Waals surface area contributed by atoms with Crippen molar-refractivity contribution >= 4 is 22.4 Å². The molecule has 0 fully saturated rings. The zero-order valence-electron chi connectivity index (χ0n) is 16.7. The number of benzene rings is 3. The quantitative estimate of drug-likeness (QED) is 0.453. The summed E-state index contributed by atoms with van der Waals surface area (Å²) in [6.45, 7) is 3.83. The van der Waals surface area contributed by atoms with Gasteiger partial charge in [0.2, 0.25) is 5.95 Å². The fraction of sp³-hybridized carbons (Fsp3) is 0.0833. The van der Waals surface area contributed by atoms with Gasteiger partial charge in [-0.05, 0) is 61.0 Å². The highest BCUT2D eigenvalue weighted by Gasteiger charge is 2.07. The van der Waals surface area contributed by atoms with E-state index in [9.17, 15) is 0 Å². The average Bonchev–Trinajstić information content (AvgIpc) is 3.12. The van der Waals surface area contributed by atoms with Gasteiger partial charge < -0.3 is 5.32 Å². The molecule has 0 saturated heterocycles. The number of fused-ring (bicyclic) bond motifs is 1. The molecule has 5 rings (SSSR count). The molecule has 0 saturated carbocycles. The van der Waals surface area contributed by atoms with Crippen molar-refractivity contribution < 1.29 is 0 Å². The molecule has 146 valence electrons. The highest BCUT2D eigenvalue weighted by atomic mass is 15.3. The van der Waals surface area contributed by atoms with Gasteiger partial charge in [-0.1, -0.05) is 36.4 Å². The molecule has 2 heterocycles. The molecule has 0 aliphatic carbocycles. The molecule has 0 amide bonds. The van der Waals surface area contributed by atoms with Crippen LogP contribution in [0.1, 0.15) is 11.6 Å². The minimum atomic E-state index is 0.557. The predicted octanol–water partition coefficient (Wildman–Crippen LogP) is 5.24. The van der Waals surface area contributed by atoms with Gasteiger partial charge in [-0.25, -0.2) is 19.6 Å². The summed E-state index contributed by atoms with van der Waals surface area (Å²) in [5.74, 6) is 2.18. The summed E-state index contributed by atoms with van der Waals surface area (Å²) in [5.41, 5.74) is 3.81. The van der Waals surface area contributed by atoms with Crippen LogP contribution in [0.2, 0.25) is 0 Å². The summed E-state index contributed by atoms with van der Waals surface area (Å²) < 4.78 is 1.83. The predicted molar refractivity (Wildman–Crippen MR) is 119 cm³/mol. The van der Waals surface area contributed by atoms with E-state index in [2.05, 4.69) is 50.7 Å². The Bertz CT molecular complexity index is 1340. The summed E-state index contributed by atoms with van der Waals surface area (Å²) >= 11 is 0. The summed E-state index contributed by atoms with van der Waals surface area (Å²) in [4.78, 5) is 13.4. The van der Waals surface area contributed by atoms with E-state index in [1.165, 1.54) is 10.8 Å². The van der Waals surface area contributed by atoms with Gasteiger partial charge in [0.1, 0.15) is 11.6 Å². The molecule has 6 heteroatoms. The molecule has 0 spiro atoms. The Hall–Kier alpha value is -4.06. The van der Waals surface area contributed by atoms with E-state index >= 15 is 0 Å². The van der Waals surface area contributed by atoms with E-state index in [4.69, 9.17) is 4.98 Å². The van der Waals surface area contributed by atoms with Crippen LogP contribution in [0.15, 0.2) is 79.0 Å². The number of nitrogens with one attached hydrogen (secondary N) is 1. The molecule has 0 radical (unpaired) electrons. The molecular weight excluding hydrogens is 372 g/mol. The first kappa shape index (κ1) is 18.0. The molecule has 5 aromatic rings. The Morgan fingerprint density at radius 2 is 1.60 bits per heavy atom. The molecule has 0 aliphatic heterocycles. The van der Waals surface area contributed by atoms with Crippen molar-refractivity contribution in [3.8, 4) is 16.9 Å². The second-order valence-electron chi connectivity index (χ2n) is 7.12. The van der Waals surface area contributed by atoms with Crippen molar-refractivity contribution in [2.75, 3.05) is 5.32 Å². The summed E-state index contributed by atoms with van der Waals surface area (Å²) in [5, 5.41) is 10.1. The molecular formula is C24H20N6. The van der Waals surface area contributed by atoms with Crippen molar-refractivity contribution in [1.82, 2.24) is 24.7 Å². The maximum absolute atomic E-state index is 4.69. The van der Waals surface area contributed by atoms with Gasteiger partial charge in [-0.3, -0.25) is 0 Å². The first-order valence-corrected chi connectivity index (χ1v) is 9.76. The number of aryl methyl sites for hydroxylation is 2. The van der Waals surface area contributed by atoms with Crippen molar-refractivity contribution in [1.29, 1.82) is 0 Å². The first-order valence-electron chi connectivity index (χ1n) is 9.76. The van der Waals surface area contributed by atoms with Crippen LogP contribution in [0.25, 0.3) is 27.7 Å². The van der Waals surface area contributed by atoms with Crippen molar-refractivity contribution in [2.24, 2.45) is 0 Å².